The van der Waals surface area contributed by atoms with Crippen molar-refractivity contribution in [3.63, 3.8) is 0 Å². The molecule has 0 aliphatic rings. The Morgan fingerprint density at radius 1 is 0.432 bits per heavy atom. The maximum Gasteiger partial charge on any atom is 3.00 e. The van der Waals surface area contributed by atoms with Crippen molar-refractivity contribution in [1.82, 2.24) is 19.9 Å². The topological polar surface area (TPSA) is 85.7 Å². The average molecular weight is 666 g/mol. The Hall–Kier alpha value is -5.00. The zero-order chi connectivity index (χ0) is 30.3. The van der Waals surface area contributed by atoms with E-state index in [4.69, 9.17) is 0 Å². The van der Waals surface area contributed by atoms with Crippen LogP contribution in [0.25, 0.3) is 45.0 Å². The van der Waals surface area contributed by atoms with Crippen molar-refractivity contribution in [1.29, 1.82) is 0 Å². The predicted molar refractivity (Wildman–Crippen MR) is 172 cm³/mol. The quantitative estimate of drug-likeness (QED) is 0.132. The molecule has 0 fully saturated rings. The van der Waals surface area contributed by atoms with Gasteiger partial charge in [0.25, 0.3) is 0 Å². The van der Waals surface area contributed by atoms with Crippen LogP contribution in [0.3, 0.4) is 0 Å². The van der Waals surface area contributed by atoms with Gasteiger partial charge in [-0.05, 0) is 26.0 Å². The first-order valence-electron chi connectivity index (χ1n) is 13.8. The molecule has 0 N–H and O–H groups in total. The van der Waals surface area contributed by atoms with Crippen LogP contribution in [0.1, 0.15) is 20.3 Å². The summed E-state index contributed by atoms with van der Waals surface area (Å²) in [7, 11) is 0. The van der Waals surface area contributed by atoms with Crippen LogP contribution in [-0.2, 0) is 29.1 Å². The van der Waals surface area contributed by atoms with Gasteiger partial charge in [0.2, 0.25) is 0 Å². The van der Waals surface area contributed by atoms with Crippen LogP contribution < -0.4 is 0 Å². The Labute approximate surface area is 271 Å². The van der Waals surface area contributed by atoms with Crippen LogP contribution in [0, 0.1) is 0 Å². The number of ketones is 2. The van der Waals surface area contributed by atoms with Gasteiger partial charge in [-0.2, -0.15) is 0 Å². The summed E-state index contributed by atoms with van der Waals surface area (Å²) in [6.45, 7) is 2.81. The molecule has 0 amide bonds. The molecule has 6 rings (SSSR count). The second kappa shape index (κ2) is 17.8. The second-order valence-electron chi connectivity index (χ2n) is 9.62. The monoisotopic (exact) mass is 666 g/mol. The number of hydrogen-bond acceptors (Lipinski definition) is 6. The molecule has 0 aliphatic heterocycles. The molecule has 2 heterocycles. The van der Waals surface area contributed by atoms with Crippen LogP contribution in [0.4, 0.5) is 0 Å². The van der Waals surface area contributed by atoms with Crippen molar-refractivity contribution in [2.24, 2.45) is 0 Å². The minimum absolute atomic E-state index is 0. The Morgan fingerprint density at radius 3 is 0.841 bits per heavy atom. The molecule has 44 heavy (non-hydrogen) atoms. The van der Waals surface area contributed by atoms with E-state index in [1.54, 1.807) is 12.7 Å². The maximum atomic E-state index is 10.0. The minimum atomic E-state index is -0.0625. The van der Waals surface area contributed by atoms with Crippen LogP contribution >= 0.6 is 0 Å². The summed E-state index contributed by atoms with van der Waals surface area (Å²) >= 11 is 0. The largest absolute Gasteiger partial charge is 3.00 e. The van der Waals surface area contributed by atoms with Gasteiger partial charge in [-0.1, -0.05) is 121 Å². The molecule has 0 saturated carbocycles. The molecule has 0 saturated heterocycles. The van der Waals surface area contributed by atoms with E-state index >= 15 is 0 Å². The third-order valence-corrected chi connectivity index (χ3v) is 6.11. The van der Waals surface area contributed by atoms with Gasteiger partial charge < -0.3 is 0 Å². The molecule has 2 aromatic heterocycles. The van der Waals surface area contributed by atoms with E-state index in [2.05, 4.69) is 68.5 Å². The number of carbonyl (C=O) groups is 2. The molecular weight excluding hydrogens is 634 g/mol. The van der Waals surface area contributed by atoms with Crippen molar-refractivity contribution >= 4 is 11.6 Å². The molecule has 0 aliphatic carbocycles. The van der Waals surface area contributed by atoms with Gasteiger partial charge in [0.1, 0.15) is 24.2 Å². The van der Waals surface area contributed by atoms with Crippen molar-refractivity contribution in [3.8, 4) is 45.0 Å². The van der Waals surface area contributed by atoms with Gasteiger partial charge in [-0.25, -0.2) is 19.9 Å². The molecule has 0 bridgehead atoms. The van der Waals surface area contributed by atoms with Crippen molar-refractivity contribution in [3.05, 3.63) is 146 Å². The van der Waals surface area contributed by atoms with Crippen LogP contribution in [0.15, 0.2) is 146 Å². The molecule has 0 atom stereocenters. The molecule has 4 aromatic carbocycles. The Balaban J connectivity index is 0.000000196. The number of carbonyl (C=O) groups excluding carboxylic acids is 2. The molecular formula is C37H32N4O2Ru+3. The first kappa shape index (κ1) is 33.5. The molecule has 217 valence electrons. The number of nitrogens with zero attached hydrogens (tertiary/aromatic N) is 4. The Morgan fingerprint density at radius 2 is 0.659 bits per heavy atom. The molecule has 6 nitrogen and oxygen atoms in total. The van der Waals surface area contributed by atoms with E-state index in [0.717, 1.165) is 45.0 Å². The molecule has 6 aromatic rings. The van der Waals surface area contributed by atoms with E-state index in [9.17, 15) is 9.59 Å². The van der Waals surface area contributed by atoms with Crippen LogP contribution in [-0.4, -0.2) is 31.5 Å². The fraction of sp³-hybridized carbons (Fsp3) is 0.0811. The number of Topliss-reactive ketones (excluding diaryl/α,β-unsaturated/α-hetero) is 2. The third kappa shape index (κ3) is 10.7. The predicted octanol–water partition coefficient (Wildman–Crippen LogP) is 8.17. The van der Waals surface area contributed by atoms with Gasteiger partial charge in [-0.15, -0.1) is 0 Å². The minimum Gasteiger partial charge on any atom is -0.300 e. The van der Waals surface area contributed by atoms with E-state index in [0.29, 0.717) is 0 Å². The zero-order valence-corrected chi connectivity index (χ0v) is 26.3. The van der Waals surface area contributed by atoms with Crippen LogP contribution in [0.2, 0.25) is 0 Å². The summed E-state index contributed by atoms with van der Waals surface area (Å²) in [4.78, 5) is 37.4. The number of aromatic nitrogens is 4. The van der Waals surface area contributed by atoms with Gasteiger partial charge >= 0.3 is 19.5 Å². The summed E-state index contributed by atoms with van der Waals surface area (Å²) in [5.41, 5.74) is 8.23. The number of hydrogen-bond donors (Lipinski definition) is 0. The maximum absolute atomic E-state index is 10.0. The number of rotatable bonds is 6. The SMILES string of the molecule is CC(=O)CC(C)=O.[Ru+3].c1ccc(-c2cc(-c3ccccc3)ncn2)cc1.c1ccc(-c2cc(-c3ccccc3)ncn2)cc1. The van der Waals surface area contributed by atoms with Gasteiger partial charge in [0.05, 0.1) is 29.2 Å². The van der Waals surface area contributed by atoms with E-state index in [-0.39, 0.29) is 37.5 Å². The summed E-state index contributed by atoms with van der Waals surface area (Å²) in [5, 5.41) is 0. The van der Waals surface area contributed by atoms with E-state index in [1.165, 1.54) is 13.8 Å². The summed E-state index contributed by atoms with van der Waals surface area (Å²) in [6, 6.07) is 44.6. The third-order valence-electron chi connectivity index (χ3n) is 6.11. The average Bonchev–Trinajstić information content (AvgIpc) is 3.06. The molecule has 1 radical (unpaired) electrons. The summed E-state index contributed by atoms with van der Waals surface area (Å²) < 4.78 is 0. The van der Waals surface area contributed by atoms with Crippen LogP contribution in [0.5, 0.6) is 0 Å². The second-order valence-corrected chi connectivity index (χ2v) is 9.62. The van der Waals surface area contributed by atoms with Crippen molar-refractivity contribution in [2.45, 2.75) is 20.3 Å². The Bertz CT molecular complexity index is 1490. The molecule has 0 unspecified atom stereocenters. The zero-order valence-electron chi connectivity index (χ0n) is 24.5. The van der Waals surface area contributed by atoms with E-state index < -0.39 is 0 Å². The molecule has 7 heteroatoms. The first-order chi connectivity index (χ1) is 21.0. The normalized spacial score (nSPS) is 9.68. The van der Waals surface area contributed by atoms with Gasteiger partial charge in [0.15, 0.2) is 0 Å². The van der Waals surface area contributed by atoms with Gasteiger partial charge in [0, 0.05) is 22.3 Å². The summed E-state index contributed by atoms with van der Waals surface area (Å²) in [6.07, 6.45) is 3.31. The fourth-order valence-electron chi connectivity index (χ4n) is 4.13. The smallest absolute Gasteiger partial charge is 0.300 e. The standard InChI is InChI=1S/2C16H12N2.C5H8O2.Ru/c2*1-3-7-13(8-4-1)15-11-16(18-12-17-15)14-9-5-2-6-10-14;1-4(6)3-5(2)7;/h2*1-12H;3H2,1-2H3;/q;;;+3. The molecule has 0 spiro atoms. The number of benzene rings is 4. The first-order valence-corrected chi connectivity index (χ1v) is 13.8. The van der Waals surface area contributed by atoms with Crippen molar-refractivity contribution in [2.75, 3.05) is 0 Å². The Kier molecular flexibility index (Phi) is 13.6. The van der Waals surface area contributed by atoms with Gasteiger partial charge in [-0.3, -0.25) is 9.59 Å². The van der Waals surface area contributed by atoms with E-state index in [1.807, 2.05) is 84.9 Å². The van der Waals surface area contributed by atoms with Crippen molar-refractivity contribution < 1.29 is 29.1 Å². The summed E-state index contributed by atoms with van der Waals surface area (Å²) in [5.74, 6) is -0.125. The fourth-order valence-corrected chi connectivity index (χ4v) is 4.13.